The van der Waals surface area contributed by atoms with Crippen molar-refractivity contribution in [3.05, 3.63) is 35.9 Å². The van der Waals surface area contributed by atoms with Gasteiger partial charge in [-0.1, -0.05) is 30.3 Å². The van der Waals surface area contributed by atoms with Crippen LogP contribution in [0.5, 0.6) is 0 Å². The van der Waals surface area contributed by atoms with Crippen LogP contribution < -0.4 is 43.8 Å². The number of rotatable bonds is 17. The van der Waals surface area contributed by atoms with E-state index in [0.717, 1.165) is 0 Å². The van der Waals surface area contributed by atoms with E-state index >= 15 is 0 Å². The van der Waals surface area contributed by atoms with E-state index in [0.29, 0.717) is 5.56 Å². The smallest absolute Gasteiger partial charge is 0.243 e. The number of hydrogen-bond acceptors (Lipinski definition) is 14. The van der Waals surface area contributed by atoms with Crippen LogP contribution in [0.1, 0.15) is 85.5 Å². The average molecular weight is 890 g/mol. The molecule has 21 heteroatoms. The Hall–Kier alpha value is -5.93. The van der Waals surface area contributed by atoms with Crippen molar-refractivity contribution in [2.75, 3.05) is 26.2 Å². The number of aliphatic hydroxyl groups is 2. The molecule has 0 bridgehead atoms. The molecular weight excluding hydrogens is 823 g/mol. The van der Waals surface area contributed by atoms with Crippen LogP contribution in [-0.2, 0) is 54.4 Å². The minimum Gasteiger partial charge on any atom is -0.393 e. The Morgan fingerprint density at radius 2 is 1.56 bits per heavy atom. The molecule has 63 heavy (non-hydrogen) atoms. The van der Waals surface area contributed by atoms with E-state index in [4.69, 9.17) is 17.2 Å². The van der Waals surface area contributed by atoms with Gasteiger partial charge >= 0.3 is 0 Å². The maximum Gasteiger partial charge on any atom is 0.243 e. The van der Waals surface area contributed by atoms with Crippen molar-refractivity contribution in [3.8, 4) is 0 Å². The van der Waals surface area contributed by atoms with Gasteiger partial charge in [-0.25, -0.2) is 0 Å². The van der Waals surface area contributed by atoms with Crippen molar-refractivity contribution in [1.29, 1.82) is 0 Å². The number of carbonyl (C=O) groups is 10. The number of Topliss-reactive ketones (excluding diaryl/α,β-unsaturated/α-hetero) is 5. The molecule has 8 atom stereocenters. The summed E-state index contributed by atoms with van der Waals surface area (Å²) in [6.45, 7) is 2.64. The Morgan fingerprint density at radius 3 is 2.16 bits per heavy atom. The predicted octanol–water partition coefficient (Wildman–Crippen LogP) is -2.61. The van der Waals surface area contributed by atoms with Crippen LogP contribution in [-0.4, -0.2) is 131 Å². The van der Waals surface area contributed by atoms with Gasteiger partial charge in [0.15, 0.2) is 11.7 Å². The molecule has 350 valence electrons. The van der Waals surface area contributed by atoms with Gasteiger partial charge in [-0.3, -0.25) is 52.9 Å². The van der Waals surface area contributed by atoms with Gasteiger partial charge in [-0.2, -0.15) is 0 Å². The minimum atomic E-state index is -1.63. The average Bonchev–Trinajstić information content (AvgIpc) is 3.22. The first-order valence-electron chi connectivity index (χ1n) is 20.9. The van der Waals surface area contributed by atoms with Gasteiger partial charge in [-0.05, 0) is 45.6 Å². The lowest BCUT2D eigenvalue weighted by molar-refractivity contribution is -0.136. The Morgan fingerprint density at radius 1 is 0.889 bits per heavy atom. The first kappa shape index (κ1) is 53.2. The molecule has 2 rings (SSSR count). The number of aliphatic imine (C=N–C) groups is 1. The largest absolute Gasteiger partial charge is 0.393 e. The summed E-state index contributed by atoms with van der Waals surface area (Å²) in [7, 11) is 0. The van der Waals surface area contributed by atoms with Crippen LogP contribution in [0.2, 0.25) is 0 Å². The molecule has 1 aliphatic heterocycles. The first-order chi connectivity index (χ1) is 29.7. The molecular formula is C42H65N9O12. The van der Waals surface area contributed by atoms with E-state index in [9.17, 15) is 58.2 Å². The van der Waals surface area contributed by atoms with Crippen LogP contribution in [0, 0.1) is 17.8 Å². The molecule has 1 aromatic rings. The molecule has 0 spiro atoms. The van der Waals surface area contributed by atoms with Crippen molar-refractivity contribution in [3.63, 3.8) is 0 Å². The summed E-state index contributed by atoms with van der Waals surface area (Å²) < 4.78 is 0. The number of nitrogens with zero attached hydrogens (tertiary/aromatic N) is 1. The number of benzene rings is 1. The summed E-state index contributed by atoms with van der Waals surface area (Å²) in [6, 6.07) is 4.17. The van der Waals surface area contributed by atoms with Gasteiger partial charge in [0, 0.05) is 64.9 Å². The zero-order chi connectivity index (χ0) is 47.2. The van der Waals surface area contributed by atoms with Gasteiger partial charge in [-0.15, -0.1) is 0 Å². The Balaban J connectivity index is 0.0000205. The zero-order valence-electron chi connectivity index (χ0n) is 36.1. The number of hydrogen-bond donors (Lipinski definition) is 10. The fraction of sp³-hybridized carbons (Fsp3) is 0.595. The highest BCUT2D eigenvalue weighted by Gasteiger charge is 2.35. The summed E-state index contributed by atoms with van der Waals surface area (Å²) in [5.41, 5.74) is 16.9. The molecule has 1 heterocycles. The van der Waals surface area contributed by atoms with E-state index in [2.05, 4.69) is 31.6 Å². The molecule has 0 unspecified atom stereocenters. The highest BCUT2D eigenvalue weighted by Crippen LogP contribution is 2.23. The van der Waals surface area contributed by atoms with Gasteiger partial charge in [0.1, 0.15) is 41.3 Å². The summed E-state index contributed by atoms with van der Waals surface area (Å²) >= 11 is 0. The quantitative estimate of drug-likeness (QED) is 0.0435. The topological polar surface area (TPSA) is 362 Å². The van der Waals surface area contributed by atoms with Crippen molar-refractivity contribution in [2.24, 2.45) is 39.9 Å². The number of aliphatic hydroxyl groups excluding tert-OH is 2. The summed E-state index contributed by atoms with van der Waals surface area (Å²) in [4.78, 5) is 137. The molecule has 0 aliphatic carbocycles. The van der Waals surface area contributed by atoms with E-state index in [1.807, 2.05) is 0 Å². The monoisotopic (exact) mass is 889 g/mol. The third kappa shape index (κ3) is 19.8. The molecule has 5 amide bonds. The summed E-state index contributed by atoms with van der Waals surface area (Å²) in [5, 5.41) is 33.4. The lowest BCUT2D eigenvalue weighted by atomic mass is 9.81. The maximum atomic E-state index is 14.0. The third-order valence-electron chi connectivity index (χ3n) is 10.5. The first-order valence-corrected chi connectivity index (χ1v) is 20.9. The van der Waals surface area contributed by atoms with Crippen LogP contribution in [0.3, 0.4) is 0 Å². The molecule has 1 aromatic carbocycles. The maximum absolute atomic E-state index is 14.0. The minimum absolute atomic E-state index is 0. The normalized spacial score (nSPS) is 22.7. The molecule has 21 nitrogen and oxygen atoms in total. The highest BCUT2D eigenvalue weighted by atomic mass is 16.3. The van der Waals surface area contributed by atoms with Gasteiger partial charge in [0.05, 0.1) is 37.6 Å². The molecule has 1 saturated heterocycles. The number of ketones is 5. The number of nitrogens with one attached hydrogen (secondary N) is 5. The van der Waals surface area contributed by atoms with Crippen molar-refractivity contribution >= 4 is 64.4 Å². The fourth-order valence-electron chi connectivity index (χ4n) is 6.84. The van der Waals surface area contributed by atoms with Crippen molar-refractivity contribution in [2.45, 2.75) is 115 Å². The lowest BCUT2D eigenvalue weighted by Gasteiger charge is -2.25. The highest BCUT2D eigenvalue weighted by molar-refractivity contribution is 5.98. The second-order valence-electron chi connectivity index (χ2n) is 15.8. The number of guanidine groups is 1. The van der Waals surface area contributed by atoms with Crippen molar-refractivity contribution < 1.29 is 59.6 Å². The molecule has 1 fully saturated rings. The van der Waals surface area contributed by atoms with Crippen LogP contribution in [0.4, 0.5) is 0 Å². The molecule has 0 aromatic heterocycles. The van der Waals surface area contributed by atoms with Crippen molar-refractivity contribution in [1.82, 2.24) is 26.6 Å². The zero-order valence-corrected chi connectivity index (χ0v) is 36.1. The van der Waals surface area contributed by atoms with Crippen LogP contribution in [0.15, 0.2) is 35.3 Å². The fourth-order valence-corrected chi connectivity index (χ4v) is 6.84. The Labute approximate surface area is 367 Å². The van der Waals surface area contributed by atoms with E-state index in [-0.39, 0.29) is 65.5 Å². The molecule has 0 saturated carbocycles. The van der Waals surface area contributed by atoms with E-state index in [1.54, 1.807) is 30.3 Å². The lowest BCUT2D eigenvalue weighted by Crippen LogP contribution is -2.57. The number of nitrogens with two attached hydrogens (primary N) is 3. The number of amides is 5. The van der Waals surface area contributed by atoms with E-state index in [1.165, 1.54) is 20.8 Å². The second kappa shape index (κ2) is 27.2. The van der Waals surface area contributed by atoms with Gasteiger partial charge < -0.3 is 54.0 Å². The third-order valence-corrected chi connectivity index (χ3v) is 10.5. The molecule has 1 aliphatic rings. The van der Waals surface area contributed by atoms with E-state index < -0.39 is 139 Å². The predicted molar refractivity (Wildman–Crippen MR) is 230 cm³/mol. The second-order valence-corrected chi connectivity index (χ2v) is 15.8. The van der Waals surface area contributed by atoms with Gasteiger partial charge in [0.2, 0.25) is 29.5 Å². The SMILES string of the molecule is CC(=O)[C@@H](CC(=O)[C@@H]1CCNC(=O)C[C@H](NC(=O)CCC(=O)CN)C(=O)N[C@@H](CCCN=C(N)N)C(=O)N[C@@H](Cc2ccccc2)C(=O)NCC(=O)C[C@@H]([C@@H](C)O)C(=O)C1)[C@@H](C)O.[3HH]. The van der Waals surface area contributed by atoms with Crippen LogP contribution >= 0.6 is 0 Å². The molecule has 13 N–H and O–H groups in total. The van der Waals surface area contributed by atoms with Crippen LogP contribution in [0.25, 0.3) is 0 Å². The Kier molecular flexibility index (Phi) is 23.0. The standard InChI is InChI=1S/C42H63N9O12.H2/c1-23(52)30(24(2)53)19-35(57)27-13-15-46-38(60)20-34(49-37(59)12-11-28(55)21-43)41(63)50-32(10-7-14-47-42(44)45)40(62)51-33(16-26-8-5-4-6-9-26)39(61)48-22-29(56)18-31(25(3)54)36(58)17-27;/h4-6,8-9,23,25,27,30-34,52,54H,7,10-22,43H2,1-3H3,(H,46,60)(H,48,61)(H,49,59)(H,50,63)(H,51,62)(H4,44,45,47);1H/t23-,25-,27-,30+,31+,32+,33+,34+;/m1./s1/i;1+2. The Bertz CT molecular complexity index is 1820. The molecule has 0 radical (unpaired) electrons. The summed E-state index contributed by atoms with van der Waals surface area (Å²) in [6.07, 6.45) is -5.70. The number of carbonyl (C=O) groups excluding carboxylic acids is 10. The summed E-state index contributed by atoms with van der Waals surface area (Å²) in [5.74, 6) is -11.0. The van der Waals surface area contributed by atoms with Gasteiger partial charge in [0.25, 0.3) is 0 Å².